The molecule has 2 amide bonds. The van der Waals surface area contributed by atoms with Gasteiger partial charge in [0.2, 0.25) is 0 Å². The second-order valence-corrected chi connectivity index (χ2v) is 4.73. The number of amides is 2. The number of hydrogen-bond donors (Lipinski definition) is 3. The summed E-state index contributed by atoms with van der Waals surface area (Å²) in [7, 11) is 0. The quantitative estimate of drug-likeness (QED) is 0.737. The van der Waals surface area contributed by atoms with Gasteiger partial charge in [-0.25, -0.2) is 9.78 Å². The number of rotatable bonds is 4. The molecule has 0 saturated carbocycles. The maximum atomic E-state index is 11.9. The fourth-order valence-corrected chi connectivity index (χ4v) is 2.38. The minimum absolute atomic E-state index is 0.198. The molecule has 2 atom stereocenters. The molecule has 1 aromatic rings. The average molecular weight is 266 g/mol. The number of aromatic amines is 1. The van der Waals surface area contributed by atoms with Crippen molar-refractivity contribution in [1.82, 2.24) is 20.2 Å². The molecule has 2 unspecified atom stereocenters. The van der Waals surface area contributed by atoms with E-state index < -0.39 is 11.9 Å². The van der Waals surface area contributed by atoms with Gasteiger partial charge in [-0.15, -0.1) is 0 Å². The Balaban J connectivity index is 1.79. The van der Waals surface area contributed by atoms with Gasteiger partial charge < -0.3 is 20.3 Å². The summed E-state index contributed by atoms with van der Waals surface area (Å²) in [6.07, 6.45) is 4.50. The third-order valence-corrected chi connectivity index (χ3v) is 3.56. The number of hydrogen-bond acceptors (Lipinski definition) is 3. The van der Waals surface area contributed by atoms with Gasteiger partial charge in [-0.05, 0) is 13.3 Å². The number of aliphatic carboxylic acids is 1. The Morgan fingerprint density at radius 3 is 3.00 bits per heavy atom. The number of nitrogens with one attached hydrogen (secondary N) is 2. The van der Waals surface area contributed by atoms with Crippen LogP contribution in [0.5, 0.6) is 0 Å². The van der Waals surface area contributed by atoms with E-state index >= 15 is 0 Å². The van der Waals surface area contributed by atoms with E-state index in [1.54, 1.807) is 24.3 Å². The van der Waals surface area contributed by atoms with Crippen molar-refractivity contribution in [2.45, 2.75) is 25.8 Å². The molecule has 2 heterocycles. The summed E-state index contributed by atoms with van der Waals surface area (Å²) in [6, 6.07) is -0.458. The van der Waals surface area contributed by atoms with Crippen LogP contribution < -0.4 is 5.32 Å². The maximum absolute atomic E-state index is 11.9. The lowest BCUT2D eigenvalue weighted by Crippen LogP contribution is -2.44. The third-order valence-electron chi connectivity index (χ3n) is 3.56. The summed E-state index contributed by atoms with van der Waals surface area (Å²) >= 11 is 0. The molecule has 0 bridgehead atoms. The molecule has 0 aliphatic carbocycles. The van der Waals surface area contributed by atoms with Crippen LogP contribution in [0.1, 0.15) is 19.0 Å². The molecule has 0 spiro atoms. The predicted octanol–water partition coefficient (Wildman–Crippen LogP) is 0.457. The molecule has 1 aliphatic rings. The van der Waals surface area contributed by atoms with Crippen LogP contribution in [0.25, 0.3) is 0 Å². The van der Waals surface area contributed by atoms with Crippen LogP contribution in [0.2, 0.25) is 0 Å². The molecule has 1 aromatic heterocycles. The summed E-state index contributed by atoms with van der Waals surface area (Å²) in [6.45, 7) is 2.77. The molecule has 7 heteroatoms. The lowest BCUT2D eigenvalue weighted by Gasteiger charge is -2.23. The second kappa shape index (κ2) is 5.73. The topological polar surface area (TPSA) is 98.3 Å². The first-order valence-electron chi connectivity index (χ1n) is 6.34. The maximum Gasteiger partial charge on any atom is 0.317 e. The van der Waals surface area contributed by atoms with Crippen molar-refractivity contribution in [2.24, 2.45) is 5.92 Å². The van der Waals surface area contributed by atoms with Gasteiger partial charge in [0.25, 0.3) is 0 Å². The van der Waals surface area contributed by atoms with Crippen LogP contribution >= 0.6 is 0 Å². The number of H-pyrrole nitrogens is 1. The predicted molar refractivity (Wildman–Crippen MR) is 67.6 cm³/mol. The van der Waals surface area contributed by atoms with E-state index in [-0.39, 0.29) is 12.1 Å². The van der Waals surface area contributed by atoms with Crippen LogP contribution in [0.4, 0.5) is 4.79 Å². The number of urea groups is 1. The standard InChI is InChI=1S/C12H18N4O3/c1-8-10(11(17)18)3-5-16(8)12(19)14-4-2-9-6-13-7-15-9/h6-8,10H,2-5H2,1H3,(H,13,15)(H,14,19)(H,17,18). The fourth-order valence-electron chi connectivity index (χ4n) is 2.38. The van der Waals surface area contributed by atoms with E-state index in [9.17, 15) is 9.59 Å². The molecule has 3 N–H and O–H groups in total. The molecular formula is C12H18N4O3. The number of imidazole rings is 1. The average Bonchev–Trinajstić information content (AvgIpc) is 2.98. The monoisotopic (exact) mass is 266 g/mol. The Morgan fingerprint density at radius 2 is 2.42 bits per heavy atom. The number of likely N-dealkylation sites (tertiary alicyclic amines) is 1. The van der Waals surface area contributed by atoms with Gasteiger partial charge in [-0.2, -0.15) is 0 Å². The van der Waals surface area contributed by atoms with Gasteiger partial charge in [0, 0.05) is 37.4 Å². The number of nitrogens with zero attached hydrogens (tertiary/aromatic N) is 2. The normalized spacial score (nSPS) is 22.5. The smallest absolute Gasteiger partial charge is 0.317 e. The highest BCUT2D eigenvalue weighted by Gasteiger charge is 2.37. The van der Waals surface area contributed by atoms with Gasteiger partial charge in [-0.3, -0.25) is 4.79 Å². The van der Waals surface area contributed by atoms with Crippen molar-refractivity contribution in [1.29, 1.82) is 0 Å². The zero-order chi connectivity index (χ0) is 13.8. The first-order valence-corrected chi connectivity index (χ1v) is 6.34. The SMILES string of the molecule is CC1C(C(=O)O)CCN1C(=O)NCCc1cnc[nH]1. The molecule has 0 aromatic carbocycles. The van der Waals surface area contributed by atoms with Gasteiger partial charge in [0.1, 0.15) is 0 Å². The van der Waals surface area contributed by atoms with E-state index in [1.807, 2.05) is 0 Å². The summed E-state index contributed by atoms with van der Waals surface area (Å²) in [5.41, 5.74) is 0.957. The fraction of sp³-hybridized carbons (Fsp3) is 0.583. The molecule has 1 aliphatic heterocycles. The largest absolute Gasteiger partial charge is 0.481 e. The van der Waals surface area contributed by atoms with E-state index in [1.165, 1.54) is 0 Å². The summed E-state index contributed by atoms with van der Waals surface area (Å²) in [5.74, 6) is -1.29. The molecule has 104 valence electrons. The zero-order valence-electron chi connectivity index (χ0n) is 10.8. The number of aromatic nitrogens is 2. The van der Waals surface area contributed by atoms with Crippen molar-refractivity contribution >= 4 is 12.0 Å². The lowest BCUT2D eigenvalue weighted by molar-refractivity contribution is -0.142. The summed E-state index contributed by atoms with van der Waals surface area (Å²) in [5, 5.41) is 11.8. The van der Waals surface area contributed by atoms with Crippen molar-refractivity contribution in [3.05, 3.63) is 18.2 Å². The van der Waals surface area contributed by atoms with Crippen molar-refractivity contribution in [3.8, 4) is 0 Å². The molecule has 19 heavy (non-hydrogen) atoms. The van der Waals surface area contributed by atoms with Crippen molar-refractivity contribution in [2.75, 3.05) is 13.1 Å². The molecule has 1 fully saturated rings. The van der Waals surface area contributed by atoms with Gasteiger partial charge >= 0.3 is 12.0 Å². The minimum atomic E-state index is -0.833. The number of carbonyl (C=O) groups excluding carboxylic acids is 1. The number of carboxylic acids is 1. The number of carboxylic acid groups (broad SMARTS) is 1. The lowest BCUT2D eigenvalue weighted by atomic mass is 10.0. The first kappa shape index (κ1) is 13.4. The third kappa shape index (κ3) is 3.04. The molecule has 0 radical (unpaired) electrons. The minimum Gasteiger partial charge on any atom is -0.481 e. The zero-order valence-corrected chi connectivity index (χ0v) is 10.8. The van der Waals surface area contributed by atoms with Crippen LogP contribution in [-0.4, -0.2) is 51.1 Å². The second-order valence-electron chi connectivity index (χ2n) is 4.73. The highest BCUT2D eigenvalue weighted by Crippen LogP contribution is 2.24. The summed E-state index contributed by atoms with van der Waals surface area (Å²) in [4.78, 5) is 31.4. The van der Waals surface area contributed by atoms with E-state index in [0.717, 1.165) is 5.69 Å². The first-order chi connectivity index (χ1) is 9.09. The molecule has 7 nitrogen and oxygen atoms in total. The van der Waals surface area contributed by atoms with Gasteiger partial charge in [-0.1, -0.05) is 0 Å². The molecular weight excluding hydrogens is 248 g/mol. The van der Waals surface area contributed by atoms with Crippen LogP contribution in [-0.2, 0) is 11.2 Å². The van der Waals surface area contributed by atoms with Crippen molar-refractivity contribution in [3.63, 3.8) is 0 Å². The molecule has 1 saturated heterocycles. The van der Waals surface area contributed by atoms with Crippen molar-refractivity contribution < 1.29 is 14.7 Å². The Kier molecular flexibility index (Phi) is 4.03. The Morgan fingerprint density at radius 1 is 1.63 bits per heavy atom. The van der Waals surface area contributed by atoms with Crippen LogP contribution in [0.3, 0.4) is 0 Å². The highest BCUT2D eigenvalue weighted by molar-refractivity contribution is 5.78. The number of carbonyl (C=O) groups is 2. The van der Waals surface area contributed by atoms with Gasteiger partial charge in [0.15, 0.2) is 0 Å². The summed E-state index contributed by atoms with van der Waals surface area (Å²) < 4.78 is 0. The van der Waals surface area contributed by atoms with Crippen LogP contribution in [0.15, 0.2) is 12.5 Å². The van der Waals surface area contributed by atoms with Crippen LogP contribution in [0, 0.1) is 5.92 Å². The Hall–Kier alpha value is -2.05. The van der Waals surface area contributed by atoms with Gasteiger partial charge in [0.05, 0.1) is 12.2 Å². The van der Waals surface area contributed by atoms with E-state index in [2.05, 4.69) is 15.3 Å². The highest BCUT2D eigenvalue weighted by atomic mass is 16.4. The Labute approximate surface area is 111 Å². The van der Waals surface area contributed by atoms with E-state index in [0.29, 0.717) is 25.9 Å². The van der Waals surface area contributed by atoms with E-state index in [4.69, 9.17) is 5.11 Å². The Bertz CT molecular complexity index is 446. The molecule has 2 rings (SSSR count).